The van der Waals surface area contributed by atoms with Crippen LogP contribution >= 0.6 is 15.9 Å². The molecule has 15 heavy (non-hydrogen) atoms. The Morgan fingerprint density at radius 1 is 1.07 bits per heavy atom. The Kier molecular flexibility index (Phi) is 2.84. The van der Waals surface area contributed by atoms with Crippen molar-refractivity contribution in [3.8, 4) is 17.2 Å². The van der Waals surface area contributed by atoms with Crippen molar-refractivity contribution < 1.29 is 0 Å². The molecule has 71 valence electrons. The number of nitriles is 1. The van der Waals surface area contributed by atoms with Crippen molar-refractivity contribution in [3.05, 3.63) is 58.6 Å². The minimum Gasteiger partial charge on any atom is -0.192 e. The average Bonchev–Trinajstić information content (AvgIpc) is 2.30. The molecule has 1 radical (unpaired) electrons. The monoisotopic (exact) mass is 256 g/mol. The lowest BCUT2D eigenvalue weighted by Gasteiger charge is -2.05. The summed E-state index contributed by atoms with van der Waals surface area (Å²) in [6, 6.07) is 18.5. The second-order valence-electron chi connectivity index (χ2n) is 3.06. The molecule has 1 nitrogen and oxygen atoms in total. The van der Waals surface area contributed by atoms with Gasteiger partial charge in [-0.05, 0) is 33.6 Å². The van der Waals surface area contributed by atoms with Crippen molar-refractivity contribution in [1.29, 1.82) is 5.26 Å². The first-order valence-corrected chi connectivity index (χ1v) is 5.28. The van der Waals surface area contributed by atoms with Crippen molar-refractivity contribution in [1.82, 2.24) is 0 Å². The molecule has 0 aliphatic carbocycles. The van der Waals surface area contributed by atoms with E-state index in [1.54, 1.807) is 0 Å². The van der Waals surface area contributed by atoms with Crippen LogP contribution in [0.4, 0.5) is 0 Å². The van der Waals surface area contributed by atoms with E-state index in [1.807, 2.05) is 42.5 Å². The zero-order valence-corrected chi connectivity index (χ0v) is 9.45. The van der Waals surface area contributed by atoms with Crippen molar-refractivity contribution in [2.75, 3.05) is 0 Å². The summed E-state index contributed by atoms with van der Waals surface area (Å²) in [5.74, 6) is 0. The van der Waals surface area contributed by atoms with E-state index in [1.165, 1.54) is 0 Å². The summed E-state index contributed by atoms with van der Waals surface area (Å²) >= 11 is 3.43. The number of nitrogens with zero attached hydrogens (tertiary/aromatic N) is 1. The smallest absolute Gasteiger partial charge is 0.0998 e. The highest BCUT2D eigenvalue weighted by Gasteiger charge is 2.06. The highest BCUT2D eigenvalue weighted by atomic mass is 79.9. The van der Waals surface area contributed by atoms with Crippen LogP contribution in [0.3, 0.4) is 0 Å². The summed E-state index contributed by atoms with van der Waals surface area (Å²) in [7, 11) is 0. The fourth-order valence-electron chi connectivity index (χ4n) is 1.44. The maximum Gasteiger partial charge on any atom is 0.0998 e. The van der Waals surface area contributed by atoms with Crippen LogP contribution in [-0.2, 0) is 0 Å². The Balaban J connectivity index is 2.65. The molecule has 2 aromatic carbocycles. The third kappa shape index (κ3) is 1.93. The van der Waals surface area contributed by atoms with Crippen LogP contribution in [0.2, 0.25) is 0 Å². The van der Waals surface area contributed by atoms with Gasteiger partial charge in [0.1, 0.15) is 0 Å². The zero-order chi connectivity index (χ0) is 10.7. The molecule has 0 saturated heterocycles. The maximum atomic E-state index is 9.00. The van der Waals surface area contributed by atoms with Gasteiger partial charge in [-0.1, -0.05) is 36.4 Å². The van der Waals surface area contributed by atoms with Crippen molar-refractivity contribution in [2.24, 2.45) is 0 Å². The van der Waals surface area contributed by atoms with Crippen LogP contribution < -0.4 is 0 Å². The van der Waals surface area contributed by atoms with Gasteiger partial charge in [-0.2, -0.15) is 5.26 Å². The van der Waals surface area contributed by atoms with Crippen molar-refractivity contribution in [3.63, 3.8) is 0 Å². The van der Waals surface area contributed by atoms with Gasteiger partial charge in [-0.15, -0.1) is 0 Å². The van der Waals surface area contributed by atoms with Crippen LogP contribution in [-0.4, -0.2) is 0 Å². The third-order valence-electron chi connectivity index (χ3n) is 2.14. The Morgan fingerprint density at radius 2 is 1.80 bits per heavy atom. The quantitative estimate of drug-likeness (QED) is 0.762. The highest BCUT2D eigenvalue weighted by Crippen LogP contribution is 2.29. The van der Waals surface area contributed by atoms with E-state index in [4.69, 9.17) is 5.26 Å². The topological polar surface area (TPSA) is 23.8 Å². The average molecular weight is 257 g/mol. The van der Waals surface area contributed by atoms with E-state index in [0.29, 0.717) is 5.56 Å². The standard InChI is InChI=1S/C13H7BrN/c14-13-8-4-3-7-12(13)11-6-2-1-5-10(11)9-15/h1-7H. The molecular weight excluding hydrogens is 250 g/mol. The van der Waals surface area contributed by atoms with Crippen LogP contribution in [0.15, 0.2) is 46.9 Å². The van der Waals surface area contributed by atoms with E-state index < -0.39 is 0 Å². The van der Waals surface area contributed by atoms with E-state index >= 15 is 0 Å². The molecule has 0 N–H and O–H groups in total. The first-order valence-electron chi connectivity index (χ1n) is 4.48. The van der Waals surface area contributed by atoms with Crippen LogP contribution in [0.25, 0.3) is 11.1 Å². The van der Waals surface area contributed by atoms with Gasteiger partial charge in [0, 0.05) is 10.0 Å². The number of benzene rings is 2. The van der Waals surface area contributed by atoms with Crippen LogP contribution in [0, 0.1) is 17.4 Å². The number of hydrogen-bond donors (Lipinski definition) is 0. The molecular formula is C13H7BrN. The zero-order valence-electron chi connectivity index (χ0n) is 7.87. The van der Waals surface area contributed by atoms with E-state index in [0.717, 1.165) is 15.6 Å². The molecule has 0 saturated carbocycles. The molecule has 0 atom stereocenters. The second kappa shape index (κ2) is 4.29. The molecule has 0 heterocycles. The largest absolute Gasteiger partial charge is 0.192 e. The van der Waals surface area contributed by atoms with Gasteiger partial charge in [0.25, 0.3) is 0 Å². The molecule has 2 rings (SSSR count). The molecule has 2 aromatic rings. The van der Waals surface area contributed by atoms with Crippen LogP contribution in [0.5, 0.6) is 0 Å². The SMILES string of the molecule is N#Cc1ccccc1-c1ccc[c]c1Br. The molecule has 0 unspecified atom stereocenters. The first kappa shape index (κ1) is 9.95. The molecule has 0 spiro atoms. The Labute approximate surface area is 97.1 Å². The normalized spacial score (nSPS) is 9.60. The molecule has 0 bridgehead atoms. The summed E-state index contributed by atoms with van der Waals surface area (Å²) < 4.78 is 0.882. The predicted molar refractivity (Wildman–Crippen MR) is 63.1 cm³/mol. The predicted octanol–water partition coefficient (Wildman–Crippen LogP) is 3.79. The fourth-order valence-corrected chi connectivity index (χ4v) is 1.92. The molecule has 0 amide bonds. The van der Waals surface area contributed by atoms with Crippen molar-refractivity contribution >= 4 is 15.9 Å². The summed E-state index contributed by atoms with van der Waals surface area (Å²) in [6.07, 6.45) is 0. The molecule has 0 aromatic heterocycles. The molecule has 2 heteroatoms. The van der Waals surface area contributed by atoms with Crippen molar-refractivity contribution in [2.45, 2.75) is 0 Å². The van der Waals surface area contributed by atoms with E-state index in [9.17, 15) is 0 Å². The summed E-state index contributed by atoms with van der Waals surface area (Å²) in [4.78, 5) is 0. The van der Waals surface area contributed by atoms with E-state index in [2.05, 4.69) is 28.1 Å². The Hall–Kier alpha value is -1.59. The second-order valence-corrected chi connectivity index (χ2v) is 3.85. The number of halogens is 1. The summed E-state index contributed by atoms with van der Waals surface area (Å²) in [6.45, 7) is 0. The lowest BCUT2D eigenvalue weighted by atomic mass is 10.0. The Bertz CT molecular complexity index is 526. The lowest BCUT2D eigenvalue weighted by molar-refractivity contribution is 1.47. The van der Waals surface area contributed by atoms with Gasteiger partial charge >= 0.3 is 0 Å². The first-order chi connectivity index (χ1) is 7.33. The van der Waals surface area contributed by atoms with Crippen LogP contribution in [0.1, 0.15) is 5.56 Å². The minimum atomic E-state index is 0.679. The number of rotatable bonds is 1. The molecule has 0 aliphatic rings. The molecule has 0 fully saturated rings. The van der Waals surface area contributed by atoms with Gasteiger partial charge in [-0.25, -0.2) is 0 Å². The fraction of sp³-hybridized carbons (Fsp3) is 0. The lowest BCUT2D eigenvalue weighted by Crippen LogP contribution is -1.84. The van der Waals surface area contributed by atoms with Gasteiger partial charge in [-0.3, -0.25) is 0 Å². The van der Waals surface area contributed by atoms with Gasteiger partial charge in [0.05, 0.1) is 11.6 Å². The van der Waals surface area contributed by atoms with Gasteiger partial charge in [0.15, 0.2) is 0 Å². The summed E-state index contributed by atoms with van der Waals surface area (Å²) in [5.41, 5.74) is 2.61. The summed E-state index contributed by atoms with van der Waals surface area (Å²) in [5, 5.41) is 9.00. The highest BCUT2D eigenvalue weighted by molar-refractivity contribution is 9.10. The van der Waals surface area contributed by atoms with Gasteiger partial charge < -0.3 is 0 Å². The maximum absolute atomic E-state index is 9.00. The van der Waals surface area contributed by atoms with E-state index in [-0.39, 0.29) is 0 Å². The third-order valence-corrected chi connectivity index (χ3v) is 2.80. The van der Waals surface area contributed by atoms with Gasteiger partial charge in [0.2, 0.25) is 0 Å². The minimum absolute atomic E-state index is 0.679. The number of hydrogen-bond acceptors (Lipinski definition) is 1. The molecule has 0 aliphatic heterocycles. The Morgan fingerprint density at radius 3 is 2.53 bits per heavy atom.